The predicted octanol–water partition coefficient (Wildman–Crippen LogP) is 4.85. The van der Waals surface area contributed by atoms with Crippen molar-refractivity contribution < 1.29 is 9.18 Å². The summed E-state index contributed by atoms with van der Waals surface area (Å²) in [5.41, 5.74) is 2.44. The summed E-state index contributed by atoms with van der Waals surface area (Å²) in [5, 5.41) is 11.4. The summed E-state index contributed by atoms with van der Waals surface area (Å²) in [4.78, 5) is 17.8. The third-order valence-electron chi connectivity index (χ3n) is 4.71. The van der Waals surface area contributed by atoms with Crippen molar-refractivity contribution in [2.75, 3.05) is 16.4 Å². The molecule has 1 aliphatic heterocycles. The first-order valence-corrected chi connectivity index (χ1v) is 10.7. The van der Waals surface area contributed by atoms with Crippen LogP contribution in [0.4, 0.5) is 16.0 Å². The van der Waals surface area contributed by atoms with Gasteiger partial charge in [0.05, 0.1) is 5.57 Å². The highest BCUT2D eigenvalue weighted by Crippen LogP contribution is 2.36. The minimum absolute atomic E-state index is 0.274. The number of benzene rings is 2. The number of thioether (sulfide) groups is 1. The Morgan fingerprint density at radius 1 is 1.23 bits per heavy atom. The van der Waals surface area contributed by atoms with Crippen LogP contribution in [0.25, 0.3) is 0 Å². The van der Waals surface area contributed by atoms with Gasteiger partial charge < -0.3 is 10.6 Å². The number of anilines is 2. The second-order valence-corrected chi connectivity index (χ2v) is 8.01. The zero-order chi connectivity index (χ0) is 21.1. The highest BCUT2D eigenvalue weighted by atomic mass is 32.2. The number of rotatable bonds is 6. The molecule has 0 radical (unpaired) electrons. The van der Waals surface area contributed by atoms with E-state index in [2.05, 4.69) is 27.6 Å². The Balaban J connectivity index is 1.77. The first-order chi connectivity index (χ1) is 14.6. The van der Waals surface area contributed by atoms with E-state index in [1.54, 1.807) is 28.6 Å². The number of carbonyl (C=O) groups excluding carboxylic acids is 1. The monoisotopic (exact) mass is 423 g/mol. The number of allylic oxidation sites excluding steroid dienone is 1. The molecule has 8 heteroatoms. The number of fused-ring (bicyclic) bond motifs is 1. The lowest BCUT2D eigenvalue weighted by molar-refractivity contribution is -0.113. The molecular weight excluding hydrogens is 401 g/mol. The van der Waals surface area contributed by atoms with Crippen molar-refractivity contribution in [2.24, 2.45) is 0 Å². The maximum absolute atomic E-state index is 14.1. The number of hydrogen-bond donors (Lipinski definition) is 2. The van der Waals surface area contributed by atoms with Gasteiger partial charge in [-0.3, -0.25) is 4.79 Å². The molecule has 1 aromatic heterocycles. The molecule has 0 spiro atoms. The van der Waals surface area contributed by atoms with Crippen molar-refractivity contribution in [3.8, 4) is 0 Å². The number of carbonyl (C=O) groups is 1. The lowest BCUT2D eigenvalue weighted by Crippen LogP contribution is -2.31. The van der Waals surface area contributed by atoms with Crippen LogP contribution in [0.2, 0.25) is 0 Å². The topological polar surface area (TPSA) is 71.8 Å². The molecule has 1 atom stereocenters. The lowest BCUT2D eigenvalue weighted by Gasteiger charge is -2.28. The van der Waals surface area contributed by atoms with E-state index in [-0.39, 0.29) is 11.7 Å². The average molecular weight is 424 g/mol. The molecule has 1 unspecified atom stereocenters. The van der Waals surface area contributed by atoms with E-state index in [1.165, 1.54) is 12.1 Å². The minimum Gasteiger partial charge on any atom is -0.328 e. The maximum atomic E-state index is 14.1. The van der Waals surface area contributed by atoms with E-state index < -0.39 is 6.04 Å². The number of aromatic nitrogens is 3. The summed E-state index contributed by atoms with van der Waals surface area (Å²) >= 11 is 1.55. The van der Waals surface area contributed by atoms with Crippen LogP contribution in [0, 0.1) is 5.82 Å². The second-order valence-electron chi connectivity index (χ2n) is 6.95. The van der Waals surface area contributed by atoms with Gasteiger partial charge in [0.1, 0.15) is 11.9 Å². The molecule has 1 aliphatic rings. The van der Waals surface area contributed by atoms with Crippen molar-refractivity contribution in [3.05, 3.63) is 77.2 Å². The van der Waals surface area contributed by atoms with Crippen LogP contribution in [0.5, 0.6) is 0 Å². The Bertz CT molecular complexity index is 1100. The summed E-state index contributed by atoms with van der Waals surface area (Å²) in [5.74, 6) is 0.789. The van der Waals surface area contributed by atoms with Gasteiger partial charge in [0.25, 0.3) is 5.91 Å². The highest BCUT2D eigenvalue weighted by molar-refractivity contribution is 7.99. The molecule has 2 aromatic carbocycles. The molecule has 0 saturated carbocycles. The molecular formula is C22H22FN5OS. The van der Waals surface area contributed by atoms with Gasteiger partial charge in [-0.05, 0) is 43.2 Å². The Labute approximate surface area is 178 Å². The van der Waals surface area contributed by atoms with Crippen LogP contribution in [-0.4, -0.2) is 26.4 Å². The SMILES string of the molecule is CCCSc1nc2n(n1)C(c1cccc(F)c1)C(C(=O)Nc1ccccc1)=C(C)N2. The van der Waals surface area contributed by atoms with Gasteiger partial charge in [-0.1, -0.05) is 49.0 Å². The summed E-state index contributed by atoms with van der Waals surface area (Å²) in [6.45, 7) is 3.91. The molecule has 154 valence electrons. The number of nitrogens with one attached hydrogen (secondary N) is 2. The van der Waals surface area contributed by atoms with Crippen LogP contribution < -0.4 is 10.6 Å². The van der Waals surface area contributed by atoms with E-state index >= 15 is 0 Å². The van der Waals surface area contributed by atoms with Gasteiger partial charge in [-0.2, -0.15) is 4.98 Å². The molecule has 4 rings (SSSR count). The fourth-order valence-corrected chi connectivity index (χ4v) is 4.07. The first kappa shape index (κ1) is 20.2. The fourth-order valence-electron chi connectivity index (χ4n) is 3.38. The minimum atomic E-state index is -0.593. The van der Waals surface area contributed by atoms with Gasteiger partial charge in [-0.25, -0.2) is 9.07 Å². The number of amides is 1. The quantitative estimate of drug-likeness (QED) is 0.555. The Kier molecular flexibility index (Phi) is 5.85. The normalized spacial score (nSPS) is 15.5. The number of nitrogens with zero attached hydrogens (tertiary/aromatic N) is 3. The van der Waals surface area contributed by atoms with Crippen LogP contribution in [0.1, 0.15) is 31.9 Å². The first-order valence-electron chi connectivity index (χ1n) is 9.76. The molecule has 0 aliphatic carbocycles. The van der Waals surface area contributed by atoms with Gasteiger partial charge in [0.15, 0.2) is 0 Å². The van der Waals surface area contributed by atoms with Crippen LogP contribution in [0.15, 0.2) is 71.0 Å². The standard InChI is InChI=1S/C22H22FN5OS/c1-3-12-30-22-26-21-24-14(2)18(20(29)25-17-10-5-4-6-11-17)19(28(21)27-22)15-8-7-9-16(23)13-15/h4-11,13,19H,3,12H2,1-2H3,(H,25,29)(H,24,26,27). The van der Waals surface area contributed by atoms with Crippen molar-refractivity contribution in [1.29, 1.82) is 0 Å². The van der Waals surface area contributed by atoms with Crippen molar-refractivity contribution in [1.82, 2.24) is 14.8 Å². The average Bonchev–Trinajstić information content (AvgIpc) is 3.14. The van der Waals surface area contributed by atoms with Crippen LogP contribution in [-0.2, 0) is 4.79 Å². The summed E-state index contributed by atoms with van der Waals surface area (Å²) < 4.78 is 15.7. The molecule has 0 saturated heterocycles. The van der Waals surface area contributed by atoms with Crippen LogP contribution >= 0.6 is 11.8 Å². The largest absolute Gasteiger partial charge is 0.328 e. The molecule has 0 fully saturated rings. The summed E-state index contributed by atoms with van der Waals surface area (Å²) in [6.07, 6.45) is 0.997. The zero-order valence-electron chi connectivity index (χ0n) is 16.7. The molecule has 30 heavy (non-hydrogen) atoms. The third kappa shape index (κ3) is 4.09. The second kappa shape index (κ2) is 8.71. The Morgan fingerprint density at radius 3 is 2.77 bits per heavy atom. The number of halogens is 1. The molecule has 0 bridgehead atoms. The van der Waals surface area contributed by atoms with Gasteiger partial charge in [0, 0.05) is 17.1 Å². The van der Waals surface area contributed by atoms with Crippen molar-refractivity contribution in [2.45, 2.75) is 31.5 Å². The highest BCUT2D eigenvalue weighted by Gasteiger charge is 2.34. The number of hydrogen-bond acceptors (Lipinski definition) is 5. The van der Waals surface area contributed by atoms with Gasteiger partial charge >= 0.3 is 0 Å². The summed E-state index contributed by atoms with van der Waals surface area (Å²) in [7, 11) is 0. The zero-order valence-corrected chi connectivity index (χ0v) is 17.5. The molecule has 2 N–H and O–H groups in total. The van der Waals surface area contributed by atoms with E-state index in [1.807, 2.05) is 37.3 Å². The van der Waals surface area contributed by atoms with E-state index in [9.17, 15) is 9.18 Å². The van der Waals surface area contributed by atoms with E-state index in [0.717, 1.165) is 12.2 Å². The Morgan fingerprint density at radius 2 is 2.03 bits per heavy atom. The van der Waals surface area contributed by atoms with Crippen molar-refractivity contribution >= 4 is 29.3 Å². The molecule has 6 nitrogen and oxygen atoms in total. The maximum Gasteiger partial charge on any atom is 0.255 e. The van der Waals surface area contributed by atoms with Gasteiger partial charge in [-0.15, -0.1) is 5.10 Å². The van der Waals surface area contributed by atoms with E-state index in [0.29, 0.717) is 33.6 Å². The van der Waals surface area contributed by atoms with Gasteiger partial charge in [0.2, 0.25) is 11.1 Å². The van der Waals surface area contributed by atoms with Crippen LogP contribution in [0.3, 0.4) is 0 Å². The molecule has 2 heterocycles. The molecule has 3 aromatic rings. The summed E-state index contributed by atoms with van der Waals surface area (Å²) in [6, 6.07) is 14.9. The Hall–Kier alpha value is -3.13. The lowest BCUT2D eigenvalue weighted by atomic mass is 9.95. The smallest absolute Gasteiger partial charge is 0.255 e. The van der Waals surface area contributed by atoms with Crippen molar-refractivity contribution in [3.63, 3.8) is 0 Å². The molecule has 1 amide bonds. The number of para-hydroxylation sites is 1. The predicted molar refractivity (Wildman–Crippen MR) is 117 cm³/mol. The third-order valence-corrected chi connectivity index (χ3v) is 5.75. The van der Waals surface area contributed by atoms with E-state index in [4.69, 9.17) is 0 Å². The fraction of sp³-hybridized carbons (Fsp3) is 0.227.